The van der Waals surface area contributed by atoms with Gasteiger partial charge in [-0.3, -0.25) is 9.78 Å². The van der Waals surface area contributed by atoms with Gasteiger partial charge in [-0.15, -0.1) is 0 Å². The number of unbranched alkanes of at least 4 members (excludes halogenated alkanes) is 1. The van der Waals surface area contributed by atoms with Crippen molar-refractivity contribution in [3.8, 4) is 17.2 Å². The number of anilines is 1. The van der Waals surface area contributed by atoms with E-state index in [9.17, 15) is 4.79 Å². The van der Waals surface area contributed by atoms with Gasteiger partial charge in [-0.2, -0.15) is 0 Å². The second-order valence-corrected chi connectivity index (χ2v) is 10.7. The summed E-state index contributed by atoms with van der Waals surface area (Å²) in [4.78, 5) is 20.3. The lowest BCUT2D eigenvalue weighted by Crippen LogP contribution is -2.32. The van der Waals surface area contributed by atoms with Crippen LogP contribution in [0.4, 0.5) is 5.69 Å². The number of hydrogen-bond acceptors (Lipinski definition) is 6. The number of hydrogen-bond donors (Lipinski definition) is 1. The minimum absolute atomic E-state index is 0.0235. The van der Waals surface area contributed by atoms with E-state index < -0.39 is 0 Å². The minimum Gasteiger partial charge on any atom is -0.497 e. The lowest BCUT2D eigenvalue weighted by molar-refractivity contribution is 0.0739. The highest BCUT2D eigenvalue weighted by Gasteiger charge is 2.18. The molecular formula is C35H43N3O4. The first kappa shape index (κ1) is 30.7. The Balaban J connectivity index is 1.47. The largest absolute Gasteiger partial charge is 0.497 e. The van der Waals surface area contributed by atoms with Gasteiger partial charge in [0.1, 0.15) is 5.75 Å². The van der Waals surface area contributed by atoms with Gasteiger partial charge in [-0.25, -0.2) is 0 Å². The summed E-state index contributed by atoms with van der Waals surface area (Å²) in [5.41, 5.74) is 4.81. The van der Waals surface area contributed by atoms with Crippen LogP contribution in [-0.2, 0) is 13.0 Å². The van der Waals surface area contributed by atoms with Crippen LogP contribution < -0.4 is 19.5 Å². The lowest BCUT2D eigenvalue weighted by atomic mass is 10.0. The monoisotopic (exact) mass is 569 g/mol. The number of methoxy groups -OCH3 is 3. The molecule has 3 aromatic carbocycles. The Labute approximate surface area is 249 Å². The van der Waals surface area contributed by atoms with Gasteiger partial charge in [0, 0.05) is 42.3 Å². The van der Waals surface area contributed by atoms with Crippen molar-refractivity contribution in [3.05, 3.63) is 89.6 Å². The average molecular weight is 570 g/mol. The van der Waals surface area contributed by atoms with Crippen molar-refractivity contribution >= 4 is 22.5 Å². The van der Waals surface area contributed by atoms with Gasteiger partial charge in [0.05, 0.1) is 32.5 Å². The Kier molecular flexibility index (Phi) is 11.0. The maximum atomic E-state index is 13.8. The van der Waals surface area contributed by atoms with Crippen LogP contribution in [0.1, 0.15) is 61.0 Å². The molecule has 7 nitrogen and oxygen atoms in total. The summed E-state index contributed by atoms with van der Waals surface area (Å²) >= 11 is 0. The third-order valence-electron chi connectivity index (χ3n) is 7.51. The Bertz CT molecular complexity index is 1450. The minimum atomic E-state index is 0.0235. The van der Waals surface area contributed by atoms with Crippen molar-refractivity contribution in [2.24, 2.45) is 0 Å². The van der Waals surface area contributed by atoms with Crippen LogP contribution in [0.25, 0.3) is 10.9 Å². The molecule has 0 aliphatic heterocycles. The molecule has 1 atom stereocenters. The highest BCUT2D eigenvalue weighted by Crippen LogP contribution is 2.30. The van der Waals surface area contributed by atoms with Crippen LogP contribution >= 0.6 is 0 Å². The SMILES string of the molecule is CCCCc1ccc(C(=O)N(CCCC(C)Nc2cc(OC)cc3cccnc23)Cc2ccc(OC)c(OC)c2)cc1. The molecule has 1 aromatic heterocycles. The fourth-order valence-corrected chi connectivity index (χ4v) is 5.15. The first-order valence-corrected chi connectivity index (χ1v) is 14.7. The molecule has 222 valence electrons. The molecule has 0 saturated heterocycles. The fraction of sp³-hybridized carbons (Fsp3) is 0.371. The maximum Gasteiger partial charge on any atom is 0.254 e. The van der Waals surface area contributed by atoms with Crippen LogP contribution in [0.3, 0.4) is 0 Å². The van der Waals surface area contributed by atoms with E-state index in [2.05, 4.69) is 36.3 Å². The van der Waals surface area contributed by atoms with Crippen LogP contribution in [0.5, 0.6) is 17.2 Å². The van der Waals surface area contributed by atoms with Gasteiger partial charge in [0.15, 0.2) is 11.5 Å². The molecule has 0 saturated carbocycles. The predicted molar refractivity (Wildman–Crippen MR) is 170 cm³/mol. The van der Waals surface area contributed by atoms with Crippen molar-refractivity contribution in [2.75, 3.05) is 33.2 Å². The molecule has 0 bridgehead atoms. The third-order valence-corrected chi connectivity index (χ3v) is 7.51. The zero-order valence-corrected chi connectivity index (χ0v) is 25.5. The molecule has 0 fully saturated rings. The molecule has 0 spiro atoms. The molecule has 1 heterocycles. The number of nitrogens with one attached hydrogen (secondary N) is 1. The van der Waals surface area contributed by atoms with Gasteiger partial charge >= 0.3 is 0 Å². The number of amides is 1. The van der Waals surface area contributed by atoms with Gasteiger partial charge in [0.25, 0.3) is 5.91 Å². The number of aromatic nitrogens is 1. The molecule has 1 amide bonds. The van der Waals surface area contributed by atoms with Crippen molar-refractivity contribution in [1.82, 2.24) is 9.88 Å². The molecule has 4 aromatic rings. The van der Waals surface area contributed by atoms with E-state index in [-0.39, 0.29) is 11.9 Å². The molecule has 1 N–H and O–H groups in total. The van der Waals surface area contributed by atoms with E-state index in [1.54, 1.807) is 27.5 Å². The number of carbonyl (C=O) groups is 1. The van der Waals surface area contributed by atoms with Gasteiger partial charge in [0.2, 0.25) is 0 Å². The second kappa shape index (κ2) is 15.1. The van der Waals surface area contributed by atoms with Crippen molar-refractivity contribution in [2.45, 2.75) is 58.5 Å². The Morgan fingerprint density at radius 2 is 1.67 bits per heavy atom. The quantitative estimate of drug-likeness (QED) is 0.160. The summed E-state index contributed by atoms with van der Waals surface area (Å²) in [6.45, 7) is 5.44. The van der Waals surface area contributed by atoms with Crippen LogP contribution in [-0.4, -0.2) is 49.7 Å². The van der Waals surface area contributed by atoms with E-state index in [4.69, 9.17) is 14.2 Å². The van der Waals surface area contributed by atoms with Crippen LogP contribution in [0, 0.1) is 0 Å². The van der Waals surface area contributed by atoms with Crippen LogP contribution in [0.2, 0.25) is 0 Å². The van der Waals surface area contributed by atoms with Crippen molar-refractivity contribution < 1.29 is 19.0 Å². The Morgan fingerprint density at radius 1 is 0.905 bits per heavy atom. The summed E-state index contributed by atoms with van der Waals surface area (Å²) in [5, 5.41) is 4.65. The number of pyridine rings is 1. The molecule has 7 heteroatoms. The molecule has 4 rings (SSSR count). The van der Waals surface area contributed by atoms with Gasteiger partial charge in [-0.1, -0.05) is 37.6 Å². The Hall–Kier alpha value is -4.26. The highest BCUT2D eigenvalue weighted by molar-refractivity contribution is 5.94. The number of carbonyl (C=O) groups excluding carboxylic acids is 1. The zero-order chi connectivity index (χ0) is 29.9. The van der Waals surface area contributed by atoms with Crippen LogP contribution in [0.15, 0.2) is 72.9 Å². The number of nitrogens with zero attached hydrogens (tertiary/aromatic N) is 2. The number of aryl methyl sites for hydroxylation is 1. The molecule has 42 heavy (non-hydrogen) atoms. The molecule has 0 aliphatic carbocycles. The smallest absolute Gasteiger partial charge is 0.254 e. The first-order chi connectivity index (χ1) is 20.4. The summed E-state index contributed by atoms with van der Waals surface area (Å²) < 4.78 is 16.4. The number of rotatable bonds is 15. The predicted octanol–water partition coefficient (Wildman–Crippen LogP) is 7.53. The number of fused-ring (bicyclic) bond motifs is 1. The average Bonchev–Trinajstić information content (AvgIpc) is 3.03. The van der Waals surface area contributed by atoms with Gasteiger partial charge < -0.3 is 24.4 Å². The molecule has 0 radical (unpaired) electrons. The standard InChI is InChI=1S/C35H43N3O4/c1-6-7-11-26-13-16-28(17-14-26)35(39)38(24-27-15-18-32(41-4)33(21-27)42-5)20-9-10-25(2)37-31-23-30(40-3)22-29-12-8-19-36-34(29)31/h8,12-19,21-23,25,37H,6-7,9-11,20,24H2,1-5H3. The molecule has 0 aliphatic rings. The summed E-state index contributed by atoms with van der Waals surface area (Å²) in [5.74, 6) is 2.13. The molecular weight excluding hydrogens is 526 g/mol. The van der Waals surface area contributed by atoms with Crippen molar-refractivity contribution in [1.29, 1.82) is 0 Å². The van der Waals surface area contributed by atoms with E-state index in [0.717, 1.165) is 60.0 Å². The lowest BCUT2D eigenvalue weighted by Gasteiger charge is -2.25. The second-order valence-electron chi connectivity index (χ2n) is 10.7. The fourth-order valence-electron chi connectivity index (χ4n) is 5.15. The topological polar surface area (TPSA) is 72.9 Å². The van der Waals surface area contributed by atoms with E-state index in [0.29, 0.717) is 30.2 Å². The van der Waals surface area contributed by atoms with E-state index in [1.165, 1.54) is 5.56 Å². The van der Waals surface area contributed by atoms with E-state index in [1.807, 2.05) is 59.5 Å². The van der Waals surface area contributed by atoms with Crippen molar-refractivity contribution in [3.63, 3.8) is 0 Å². The maximum absolute atomic E-state index is 13.8. The summed E-state index contributed by atoms with van der Waals surface area (Å²) in [6.07, 6.45) is 6.83. The van der Waals surface area contributed by atoms with Gasteiger partial charge in [-0.05, 0) is 80.1 Å². The summed E-state index contributed by atoms with van der Waals surface area (Å²) in [6, 6.07) is 22.0. The first-order valence-electron chi connectivity index (χ1n) is 14.7. The third kappa shape index (κ3) is 7.93. The summed E-state index contributed by atoms with van der Waals surface area (Å²) in [7, 11) is 4.92. The normalized spacial score (nSPS) is 11.6. The molecule has 1 unspecified atom stereocenters. The zero-order valence-electron chi connectivity index (χ0n) is 25.5. The highest BCUT2D eigenvalue weighted by atomic mass is 16.5. The number of ether oxygens (including phenoxy) is 3. The van der Waals surface area contributed by atoms with E-state index >= 15 is 0 Å². The number of benzene rings is 3. The Morgan fingerprint density at radius 3 is 2.38 bits per heavy atom.